The van der Waals surface area contributed by atoms with E-state index >= 15 is 0 Å². The topological polar surface area (TPSA) is 78.5 Å². The fraction of sp³-hybridized carbons (Fsp3) is 0.550. The number of benzene rings is 1. The van der Waals surface area contributed by atoms with Gasteiger partial charge in [-0.05, 0) is 30.9 Å². The molecule has 0 aliphatic heterocycles. The van der Waals surface area contributed by atoms with Crippen LogP contribution in [0.5, 0.6) is 0 Å². The van der Waals surface area contributed by atoms with E-state index in [1.165, 1.54) is 0 Å². The summed E-state index contributed by atoms with van der Waals surface area (Å²) in [5, 5.41) is 5.30. The third-order valence-electron chi connectivity index (χ3n) is 3.64. The van der Waals surface area contributed by atoms with Gasteiger partial charge in [-0.15, -0.1) is 0 Å². The second-order valence-corrected chi connectivity index (χ2v) is 7.74. The van der Waals surface area contributed by atoms with Gasteiger partial charge in [-0.1, -0.05) is 45.4 Å². The summed E-state index contributed by atoms with van der Waals surface area (Å²) in [6.07, 6.45) is 1.16. The van der Waals surface area contributed by atoms with Crippen LogP contribution in [0.25, 0.3) is 0 Å². The van der Waals surface area contributed by atoms with Crippen molar-refractivity contribution >= 4 is 23.4 Å². The minimum atomic E-state index is -0.334. The zero-order valence-electron chi connectivity index (χ0n) is 16.5. The van der Waals surface area contributed by atoms with Crippen molar-refractivity contribution < 1.29 is 14.4 Å². The molecule has 1 aromatic carbocycles. The molecule has 2 N–H and O–H groups in total. The summed E-state index contributed by atoms with van der Waals surface area (Å²) in [6.45, 7) is 10.3. The number of rotatable bonds is 8. The molecule has 0 saturated carbocycles. The van der Waals surface area contributed by atoms with E-state index < -0.39 is 0 Å². The molecule has 0 spiro atoms. The van der Waals surface area contributed by atoms with E-state index in [1.807, 2.05) is 58.9 Å². The normalized spacial score (nSPS) is 11.0. The minimum absolute atomic E-state index is 0.0272. The SMILES string of the molecule is CCCN(CC(=O)NCC(=O)Nc1ccc(C)cc1)C(=O)CC(C)(C)C. The van der Waals surface area contributed by atoms with Gasteiger partial charge >= 0.3 is 0 Å². The van der Waals surface area contributed by atoms with Gasteiger partial charge < -0.3 is 15.5 Å². The van der Waals surface area contributed by atoms with Crippen LogP contribution in [0.1, 0.15) is 46.1 Å². The maximum Gasteiger partial charge on any atom is 0.243 e. The summed E-state index contributed by atoms with van der Waals surface area (Å²) in [5.41, 5.74) is 1.66. The van der Waals surface area contributed by atoms with Gasteiger partial charge in [0.15, 0.2) is 0 Å². The lowest BCUT2D eigenvalue weighted by Gasteiger charge is -2.26. The van der Waals surface area contributed by atoms with Crippen molar-refractivity contribution in [1.29, 1.82) is 0 Å². The third-order valence-corrected chi connectivity index (χ3v) is 3.64. The van der Waals surface area contributed by atoms with Crippen LogP contribution in [-0.2, 0) is 14.4 Å². The van der Waals surface area contributed by atoms with Crippen LogP contribution in [0.2, 0.25) is 0 Å². The maximum absolute atomic E-state index is 12.4. The van der Waals surface area contributed by atoms with Crippen molar-refractivity contribution in [2.75, 3.05) is 25.0 Å². The van der Waals surface area contributed by atoms with Crippen LogP contribution in [0.3, 0.4) is 0 Å². The second kappa shape index (κ2) is 9.94. The molecular weight excluding hydrogens is 330 g/mol. The maximum atomic E-state index is 12.4. The molecule has 0 radical (unpaired) electrons. The summed E-state index contributed by atoms with van der Waals surface area (Å²) < 4.78 is 0. The Kier molecular flexibility index (Phi) is 8.29. The lowest BCUT2D eigenvalue weighted by Crippen LogP contribution is -2.44. The fourth-order valence-corrected chi connectivity index (χ4v) is 2.38. The number of anilines is 1. The average molecular weight is 361 g/mol. The first kappa shape index (κ1) is 21.7. The van der Waals surface area contributed by atoms with Crippen LogP contribution < -0.4 is 10.6 Å². The molecule has 0 heterocycles. The van der Waals surface area contributed by atoms with E-state index in [1.54, 1.807) is 4.90 Å². The standard InChI is InChI=1S/C20H31N3O3/c1-6-11-23(19(26)12-20(3,4)5)14-18(25)21-13-17(24)22-16-9-7-15(2)8-10-16/h7-10H,6,11-14H2,1-5H3,(H,21,25)(H,22,24). The van der Waals surface area contributed by atoms with Gasteiger partial charge in [0.2, 0.25) is 17.7 Å². The zero-order chi connectivity index (χ0) is 19.7. The van der Waals surface area contributed by atoms with Crippen LogP contribution in [0.15, 0.2) is 24.3 Å². The molecule has 26 heavy (non-hydrogen) atoms. The Balaban J connectivity index is 2.48. The summed E-state index contributed by atoms with van der Waals surface area (Å²) in [4.78, 5) is 38.0. The highest BCUT2D eigenvalue weighted by atomic mass is 16.2. The van der Waals surface area contributed by atoms with Gasteiger partial charge in [-0.3, -0.25) is 14.4 Å². The first-order chi connectivity index (χ1) is 12.1. The summed E-state index contributed by atoms with van der Waals surface area (Å²) in [5.74, 6) is -0.677. The average Bonchev–Trinajstić information content (AvgIpc) is 2.53. The Morgan fingerprint density at radius 2 is 1.65 bits per heavy atom. The number of amides is 3. The van der Waals surface area contributed by atoms with Gasteiger partial charge in [0.1, 0.15) is 0 Å². The van der Waals surface area contributed by atoms with E-state index in [4.69, 9.17) is 0 Å². The van der Waals surface area contributed by atoms with Crippen LogP contribution in [0, 0.1) is 12.3 Å². The lowest BCUT2D eigenvalue weighted by molar-refractivity contribution is -0.137. The first-order valence-corrected chi connectivity index (χ1v) is 9.01. The summed E-state index contributed by atoms with van der Waals surface area (Å²) in [6, 6.07) is 7.42. The summed E-state index contributed by atoms with van der Waals surface area (Å²) in [7, 11) is 0. The number of hydrogen-bond acceptors (Lipinski definition) is 3. The molecule has 0 bridgehead atoms. The molecule has 3 amide bonds. The molecule has 1 rings (SSSR count). The van der Waals surface area contributed by atoms with Crippen molar-refractivity contribution in [3.63, 3.8) is 0 Å². The number of hydrogen-bond donors (Lipinski definition) is 2. The number of aryl methyl sites for hydroxylation is 1. The highest BCUT2D eigenvalue weighted by Gasteiger charge is 2.22. The molecule has 0 atom stereocenters. The molecule has 0 aliphatic rings. The number of nitrogens with one attached hydrogen (secondary N) is 2. The Labute approximate surface area is 156 Å². The Bertz CT molecular complexity index is 618. The molecule has 0 saturated heterocycles. The van der Waals surface area contributed by atoms with E-state index in [0.29, 0.717) is 18.7 Å². The molecule has 1 aromatic rings. The highest BCUT2D eigenvalue weighted by Crippen LogP contribution is 2.19. The van der Waals surface area contributed by atoms with E-state index in [-0.39, 0.29) is 36.2 Å². The lowest BCUT2D eigenvalue weighted by atomic mass is 9.91. The Morgan fingerprint density at radius 3 is 2.19 bits per heavy atom. The zero-order valence-corrected chi connectivity index (χ0v) is 16.5. The van der Waals surface area contributed by atoms with Gasteiger partial charge in [0.05, 0.1) is 13.1 Å². The van der Waals surface area contributed by atoms with E-state index in [9.17, 15) is 14.4 Å². The quantitative estimate of drug-likeness (QED) is 0.747. The predicted octanol–water partition coefficient (Wildman–Crippen LogP) is 2.72. The van der Waals surface area contributed by atoms with Crippen LogP contribution >= 0.6 is 0 Å². The molecule has 6 heteroatoms. The molecule has 0 aliphatic carbocycles. The van der Waals surface area contributed by atoms with Crippen molar-refractivity contribution in [3.8, 4) is 0 Å². The van der Waals surface area contributed by atoms with Crippen molar-refractivity contribution in [3.05, 3.63) is 29.8 Å². The van der Waals surface area contributed by atoms with Crippen LogP contribution in [-0.4, -0.2) is 42.3 Å². The van der Waals surface area contributed by atoms with Crippen molar-refractivity contribution in [2.45, 2.75) is 47.5 Å². The van der Waals surface area contributed by atoms with Crippen LogP contribution in [0.4, 0.5) is 5.69 Å². The summed E-state index contributed by atoms with van der Waals surface area (Å²) >= 11 is 0. The van der Waals surface area contributed by atoms with Gasteiger partial charge in [0.25, 0.3) is 0 Å². The smallest absolute Gasteiger partial charge is 0.243 e. The van der Waals surface area contributed by atoms with E-state index in [0.717, 1.165) is 12.0 Å². The van der Waals surface area contributed by atoms with Crippen molar-refractivity contribution in [1.82, 2.24) is 10.2 Å². The van der Waals surface area contributed by atoms with Crippen molar-refractivity contribution in [2.24, 2.45) is 5.41 Å². The number of carbonyl (C=O) groups is 3. The third kappa shape index (κ3) is 8.65. The second-order valence-electron chi connectivity index (χ2n) is 7.74. The monoisotopic (exact) mass is 361 g/mol. The molecule has 0 unspecified atom stereocenters. The molecular formula is C20H31N3O3. The Hall–Kier alpha value is -2.37. The first-order valence-electron chi connectivity index (χ1n) is 9.01. The predicted molar refractivity (Wildman–Crippen MR) is 104 cm³/mol. The highest BCUT2D eigenvalue weighted by molar-refractivity contribution is 5.95. The molecule has 0 fully saturated rings. The Morgan fingerprint density at radius 1 is 1.04 bits per heavy atom. The van der Waals surface area contributed by atoms with Gasteiger partial charge in [0, 0.05) is 18.7 Å². The fourth-order valence-electron chi connectivity index (χ4n) is 2.38. The largest absolute Gasteiger partial charge is 0.345 e. The molecule has 0 aromatic heterocycles. The van der Waals surface area contributed by atoms with E-state index in [2.05, 4.69) is 10.6 Å². The minimum Gasteiger partial charge on any atom is -0.345 e. The number of nitrogens with zero attached hydrogens (tertiary/aromatic N) is 1. The number of carbonyl (C=O) groups excluding carboxylic acids is 3. The van der Waals surface area contributed by atoms with Gasteiger partial charge in [-0.25, -0.2) is 0 Å². The molecule has 6 nitrogen and oxygen atoms in total. The van der Waals surface area contributed by atoms with Gasteiger partial charge in [-0.2, -0.15) is 0 Å². The molecule has 144 valence electrons.